The topological polar surface area (TPSA) is 62.7 Å². The van der Waals surface area contributed by atoms with E-state index < -0.39 is 0 Å². The average molecular weight is 470 g/mol. The number of carbonyl (C=O) groups is 2. The Morgan fingerprint density at radius 1 is 1.03 bits per heavy atom. The average Bonchev–Trinajstić information content (AvgIpc) is 3.32. The number of hydrogen-bond acceptors (Lipinski definition) is 4. The zero-order chi connectivity index (χ0) is 24.2. The van der Waals surface area contributed by atoms with Crippen molar-refractivity contribution in [1.82, 2.24) is 14.8 Å². The van der Waals surface area contributed by atoms with E-state index in [1.54, 1.807) is 7.11 Å². The third-order valence-corrected chi connectivity index (χ3v) is 7.00. The first-order chi connectivity index (χ1) is 17.1. The standard InChI is InChI=1S/C29H31N3O3/c1-35-27-14-3-2-11-24(27)26-13-5-12-25(30-26)23-10-6-17-32(20-23)29(34)22-9-4-8-21(18-22)19-31-16-7-15-28(31)33/h2-5,8-9,11-14,18,23H,6-7,10,15-17,19-20H2,1H3/t23-/m0/s1. The quantitative estimate of drug-likeness (QED) is 0.515. The zero-order valence-electron chi connectivity index (χ0n) is 20.2. The number of methoxy groups -OCH3 is 1. The van der Waals surface area contributed by atoms with Crippen LogP contribution in [0.4, 0.5) is 0 Å². The monoisotopic (exact) mass is 469 g/mol. The van der Waals surface area contributed by atoms with E-state index in [-0.39, 0.29) is 17.7 Å². The van der Waals surface area contributed by atoms with Gasteiger partial charge in [0.05, 0.1) is 12.8 Å². The molecule has 0 unspecified atom stereocenters. The number of nitrogens with zero attached hydrogens (tertiary/aromatic N) is 3. The maximum Gasteiger partial charge on any atom is 0.253 e. The molecule has 0 bridgehead atoms. The summed E-state index contributed by atoms with van der Waals surface area (Å²) in [6, 6.07) is 21.7. The molecule has 180 valence electrons. The Morgan fingerprint density at radius 3 is 2.71 bits per heavy atom. The minimum absolute atomic E-state index is 0.0465. The van der Waals surface area contributed by atoms with Gasteiger partial charge in [-0.1, -0.05) is 30.3 Å². The first kappa shape index (κ1) is 23.1. The number of carbonyl (C=O) groups excluding carboxylic acids is 2. The van der Waals surface area contributed by atoms with Gasteiger partial charge in [0.2, 0.25) is 5.91 Å². The molecule has 0 aliphatic carbocycles. The van der Waals surface area contributed by atoms with Crippen LogP contribution < -0.4 is 4.74 Å². The maximum absolute atomic E-state index is 13.4. The normalized spacial score (nSPS) is 18.1. The SMILES string of the molecule is COc1ccccc1-c1cccc([C@H]2CCCN(C(=O)c3cccc(CN4CCCC4=O)c3)C2)n1. The van der Waals surface area contributed by atoms with Gasteiger partial charge in [0.15, 0.2) is 0 Å². The molecule has 2 aromatic carbocycles. The van der Waals surface area contributed by atoms with Crippen molar-refractivity contribution in [3.63, 3.8) is 0 Å². The summed E-state index contributed by atoms with van der Waals surface area (Å²) >= 11 is 0. The van der Waals surface area contributed by atoms with Crippen molar-refractivity contribution in [3.8, 4) is 17.0 Å². The van der Waals surface area contributed by atoms with E-state index in [0.29, 0.717) is 25.1 Å². The summed E-state index contributed by atoms with van der Waals surface area (Å²) in [6.45, 7) is 2.76. The van der Waals surface area contributed by atoms with Crippen molar-refractivity contribution < 1.29 is 14.3 Å². The van der Waals surface area contributed by atoms with Gasteiger partial charge in [0, 0.05) is 55.3 Å². The highest BCUT2D eigenvalue weighted by Crippen LogP contribution is 2.32. The van der Waals surface area contributed by atoms with Crippen LogP contribution in [0.1, 0.15) is 53.2 Å². The smallest absolute Gasteiger partial charge is 0.253 e. The molecule has 6 nitrogen and oxygen atoms in total. The summed E-state index contributed by atoms with van der Waals surface area (Å²) in [4.78, 5) is 34.2. The summed E-state index contributed by atoms with van der Waals surface area (Å²) in [5, 5.41) is 0. The number of rotatable bonds is 6. The fraction of sp³-hybridized carbons (Fsp3) is 0.345. The third-order valence-electron chi connectivity index (χ3n) is 7.00. The van der Waals surface area contributed by atoms with Crippen LogP contribution in [-0.2, 0) is 11.3 Å². The van der Waals surface area contributed by atoms with E-state index >= 15 is 0 Å². The number of hydrogen-bond donors (Lipinski definition) is 0. The Labute approximate surface area is 206 Å². The van der Waals surface area contributed by atoms with E-state index in [1.807, 2.05) is 70.5 Å². The number of aromatic nitrogens is 1. The Kier molecular flexibility index (Phi) is 6.80. The van der Waals surface area contributed by atoms with Gasteiger partial charge < -0.3 is 14.5 Å². The number of ether oxygens (including phenoxy) is 1. The number of amides is 2. The van der Waals surface area contributed by atoms with Gasteiger partial charge in [-0.25, -0.2) is 0 Å². The van der Waals surface area contributed by atoms with Gasteiger partial charge in [-0.2, -0.15) is 0 Å². The molecule has 2 aliphatic rings. The summed E-state index contributed by atoms with van der Waals surface area (Å²) in [5.41, 5.74) is 4.55. The van der Waals surface area contributed by atoms with Gasteiger partial charge in [-0.3, -0.25) is 14.6 Å². The molecule has 1 aromatic heterocycles. The van der Waals surface area contributed by atoms with Crippen LogP contribution in [0, 0.1) is 0 Å². The molecule has 0 spiro atoms. The van der Waals surface area contributed by atoms with Gasteiger partial charge in [0.25, 0.3) is 5.91 Å². The highest BCUT2D eigenvalue weighted by atomic mass is 16.5. The molecule has 0 radical (unpaired) electrons. The molecule has 3 aromatic rings. The van der Waals surface area contributed by atoms with Crippen molar-refractivity contribution in [2.75, 3.05) is 26.7 Å². The molecule has 2 fully saturated rings. The van der Waals surface area contributed by atoms with Gasteiger partial charge in [-0.15, -0.1) is 0 Å². The second kappa shape index (κ2) is 10.3. The van der Waals surface area contributed by atoms with Crippen LogP contribution in [0.15, 0.2) is 66.7 Å². The van der Waals surface area contributed by atoms with E-state index in [0.717, 1.165) is 60.6 Å². The summed E-state index contributed by atoms with van der Waals surface area (Å²) in [6.07, 6.45) is 3.49. The summed E-state index contributed by atoms with van der Waals surface area (Å²) in [5.74, 6) is 1.23. The third kappa shape index (κ3) is 5.06. The number of likely N-dealkylation sites (tertiary alicyclic amines) is 2. The Balaban J connectivity index is 1.31. The lowest BCUT2D eigenvalue weighted by Gasteiger charge is -2.33. The Hall–Kier alpha value is -3.67. The molecule has 1 atom stereocenters. The molecular weight excluding hydrogens is 438 g/mol. The van der Waals surface area contributed by atoms with Crippen LogP contribution >= 0.6 is 0 Å². The van der Waals surface area contributed by atoms with E-state index in [4.69, 9.17) is 9.72 Å². The van der Waals surface area contributed by atoms with Gasteiger partial charge in [0.1, 0.15) is 5.75 Å². The fourth-order valence-corrected chi connectivity index (χ4v) is 5.16. The summed E-state index contributed by atoms with van der Waals surface area (Å²) < 4.78 is 5.53. The lowest BCUT2D eigenvalue weighted by Crippen LogP contribution is -2.39. The van der Waals surface area contributed by atoms with Crippen LogP contribution in [0.2, 0.25) is 0 Å². The molecule has 35 heavy (non-hydrogen) atoms. The van der Waals surface area contributed by atoms with Gasteiger partial charge in [-0.05, 0) is 61.2 Å². The van der Waals surface area contributed by atoms with E-state index in [9.17, 15) is 9.59 Å². The van der Waals surface area contributed by atoms with Gasteiger partial charge >= 0.3 is 0 Å². The highest BCUT2D eigenvalue weighted by Gasteiger charge is 2.27. The molecule has 2 saturated heterocycles. The molecule has 3 heterocycles. The lowest BCUT2D eigenvalue weighted by molar-refractivity contribution is -0.128. The second-order valence-corrected chi connectivity index (χ2v) is 9.36. The largest absolute Gasteiger partial charge is 0.496 e. The van der Waals surface area contributed by atoms with Crippen LogP contribution in [-0.4, -0.2) is 53.3 Å². The highest BCUT2D eigenvalue weighted by molar-refractivity contribution is 5.94. The van der Waals surface area contributed by atoms with Crippen molar-refractivity contribution in [2.24, 2.45) is 0 Å². The van der Waals surface area contributed by atoms with Crippen molar-refractivity contribution in [1.29, 1.82) is 0 Å². The molecule has 2 aliphatic heterocycles. The molecule has 2 amide bonds. The molecular formula is C29H31N3O3. The minimum Gasteiger partial charge on any atom is -0.496 e. The molecule has 0 saturated carbocycles. The predicted octanol–water partition coefficient (Wildman–Crippen LogP) is 4.90. The lowest BCUT2D eigenvalue weighted by atomic mass is 9.93. The number of benzene rings is 2. The van der Waals surface area contributed by atoms with Crippen molar-refractivity contribution in [2.45, 2.75) is 38.1 Å². The molecule has 5 rings (SSSR count). The second-order valence-electron chi connectivity index (χ2n) is 9.36. The van der Waals surface area contributed by atoms with E-state index in [2.05, 4.69) is 6.07 Å². The number of para-hydroxylation sites is 1. The fourth-order valence-electron chi connectivity index (χ4n) is 5.16. The number of piperidine rings is 1. The maximum atomic E-state index is 13.4. The Morgan fingerprint density at radius 2 is 1.89 bits per heavy atom. The van der Waals surface area contributed by atoms with E-state index in [1.165, 1.54) is 0 Å². The number of pyridine rings is 1. The summed E-state index contributed by atoms with van der Waals surface area (Å²) in [7, 11) is 1.67. The van der Waals surface area contributed by atoms with Crippen molar-refractivity contribution >= 4 is 11.8 Å². The molecule has 6 heteroatoms. The predicted molar refractivity (Wildman–Crippen MR) is 135 cm³/mol. The van der Waals surface area contributed by atoms with Crippen LogP contribution in [0.25, 0.3) is 11.3 Å². The Bertz CT molecular complexity index is 1230. The first-order valence-corrected chi connectivity index (χ1v) is 12.4. The minimum atomic E-state index is 0.0465. The molecule has 0 N–H and O–H groups in total. The van der Waals surface area contributed by atoms with Crippen LogP contribution in [0.3, 0.4) is 0 Å². The van der Waals surface area contributed by atoms with Crippen LogP contribution in [0.5, 0.6) is 5.75 Å². The zero-order valence-corrected chi connectivity index (χ0v) is 20.2. The van der Waals surface area contributed by atoms with Crippen molar-refractivity contribution in [3.05, 3.63) is 83.6 Å². The first-order valence-electron chi connectivity index (χ1n) is 12.4.